The van der Waals surface area contributed by atoms with Crippen molar-refractivity contribution in [3.63, 3.8) is 0 Å². The third kappa shape index (κ3) is 6.16. The van der Waals surface area contributed by atoms with Gasteiger partial charge >= 0.3 is 5.97 Å². The second-order valence-corrected chi connectivity index (χ2v) is 12.5. The molecular formula is C17H30O3Si. The highest BCUT2D eigenvalue weighted by Crippen LogP contribution is 2.38. The van der Waals surface area contributed by atoms with E-state index in [2.05, 4.69) is 26.6 Å². The van der Waals surface area contributed by atoms with Gasteiger partial charge in [-0.1, -0.05) is 45.5 Å². The third-order valence-electron chi connectivity index (χ3n) is 4.22. The number of esters is 1. The molecule has 1 rings (SSSR count). The summed E-state index contributed by atoms with van der Waals surface area (Å²) in [4.78, 5) is 23.9. The van der Waals surface area contributed by atoms with Gasteiger partial charge in [0.15, 0.2) is 0 Å². The lowest BCUT2D eigenvalue weighted by Crippen LogP contribution is -2.37. The van der Waals surface area contributed by atoms with E-state index in [0.29, 0.717) is 18.8 Å². The van der Waals surface area contributed by atoms with E-state index < -0.39 is 8.07 Å². The highest BCUT2D eigenvalue weighted by atomic mass is 28.3. The summed E-state index contributed by atoms with van der Waals surface area (Å²) in [5.74, 6) is 0.234. The fraction of sp³-hybridized carbons (Fsp3) is 0.765. The van der Waals surface area contributed by atoms with Gasteiger partial charge < -0.3 is 4.74 Å². The average molecular weight is 311 g/mol. The van der Waals surface area contributed by atoms with Crippen LogP contribution in [0.5, 0.6) is 0 Å². The number of hydrogen-bond donors (Lipinski definition) is 0. The highest BCUT2D eigenvalue weighted by molar-refractivity contribution is 6.78. The topological polar surface area (TPSA) is 43.4 Å². The van der Waals surface area contributed by atoms with Crippen LogP contribution in [0.1, 0.15) is 45.4 Å². The van der Waals surface area contributed by atoms with E-state index in [0.717, 1.165) is 32.1 Å². The largest absolute Gasteiger partial charge is 0.463 e. The maximum atomic E-state index is 12.2. The van der Waals surface area contributed by atoms with Crippen molar-refractivity contribution >= 4 is 19.8 Å². The van der Waals surface area contributed by atoms with Gasteiger partial charge in [0.1, 0.15) is 5.78 Å². The lowest BCUT2D eigenvalue weighted by molar-refractivity contribution is -0.138. The normalized spacial score (nSPS) is 21.5. The van der Waals surface area contributed by atoms with Crippen LogP contribution < -0.4 is 0 Å². The second kappa shape index (κ2) is 8.52. The molecule has 0 N–H and O–H groups in total. The number of ether oxygens (including phenoxy) is 1. The predicted octanol–water partition coefficient (Wildman–Crippen LogP) is 4.35. The van der Waals surface area contributed by atoms with Crippen molar-refractivity contribution in [3.05, 3.63) is 12.2 Å². The van der Waals surface area contributed by atoms with E-state index in [-0.39, 0.29) is 17.4 Å². The first-order chi connectivity index (χ1) is 9.86. The fourth-order valence-electron chi connectivity index (χ4n) is 2.96. The molecule has 0 aromatic rings. The lowest BCUT2D eigenvalue weighted by atomic mass is 9.85. The fourth-order valence-corrected chi connectivity index (χ4v) is 5.20. The molecule has 1 aliphatic carbocycles. The summed E-state index contributed by atoms with van der Waals surface area (Å²) >= 11 is 0. The van der Waals surface area contributed by atoms with Crippen molar-refractivity contribution in [1.82, 2.24) is 0 Å². The molecule has 4 heteroatoms. The molecular weight excluding hydrogens is 280 g/mol. The van der Waals surface area contributed by atoms with E-state index in [4.69, 9.17) is 4.74 Å². The summed E-state index contributed by atoms with van der Waals surface area (Å²) in [6.45, 7) is 9.37. The number of Topliss-reactive ketones (excluding diaryl/α,β-unsaturated/α-hetero) is 1. The Hall–Kier alpha value is -0.903. The molecule has 0 aromatic carbocycles. The first-order valence-corrected chi connectivity index (χ1v) is 11.8. The Kier molecular flexibility index (Phi) is 7.36. The van der Waals surface area contributed by atoms with Gasteiger partial charge in [0.2, 0.25) is 0 Å². The van der Waals surface area contributed by atoms with E-state index in [1.807, 2.05) is 6.08 Å². The molecule has 0 saturated heterocycles. The smallest absolute Gasteiger partial charge is 0.330 e. The van der Waals surface area contributed by atoms with Gasteiger partial charge in [0.05, 0.1) is 14.7 Å². The van der Waals surface area contributed by atoms with Crippen molar-refractivity contribution in [2.45, 2.75) is 70.6 Å². The standard InChI is InChI=1S/C17H30O3Si/c1-5-6-13-20-17(19)12-11-16(21(2,3)4)14-9-7-8-10-15(14)18/h11-12,14,16H,5-10,13H2,1-4H3. The molecule has 0 radical (unpaired) electrons. The van der Waals surface area contributed by atoms with Gasteiger partial charge in [-0.2, -0.15) is 0 Å². The molecule has 1 fully saturated rings. The quantitative estimate of drug-likeness (QED) is 0.304. The van der Waals surface area contributed by atoms with Crippen LogP contribution >= 0.6 is 0 Å². The summed E-state index contributed by atoms with van der Waals surface area (Å²) in [5, 5.41) is 0. The van der Waals surface area contributed by atoms with Crippen LogP contribution in [0, 0.1) is 5.92 Å². The minimum absolute atomic E-state index is 0.116. The van der Waals surface area contributed by atoms with Gasteiger partial charge in [0, 0.05) is 18.4 Å². The molecule has 120 valence electrons. The SMILES string of the molecule is CCCCOC(=O)C=CC(C1CCCCC1=O)[Si](C)(C)C. The second-order valence-electron chi connectivity index (χ2n) is 7.09. The van der Waals surface area contributed by atoms with Crippen molar-refractivity contribution in [2.75, 3.05) is 6.61 Å². The van der Waals surface area contributed by atoms with Crippen LogP contribution in [0.15, 0.2) is 12.2 Å². The maximum absolute atomic E-state index is 12.2. The molecule has 3 nitrogen and oxygen atoms in total. The van der Waals surface area contributed by atoms with E-state index in [1.54, 1.807) is 6.08 Å². The average Bonchev–Trinajstić information content (AvgIpc) is 2.40. The van der Waals surface area contributed by atoms with Crippen LogP contribution in [0.4, 0.5) is 0 Å². The predicted molar refractivity (Wildman–Crippen MR) is 89.1 cm³/mol. The first-order valence-electron chi connectivity index (χ1n) is 8.24. The molecule has 0 amide bonds. The molecule has 1 saturated carbocycles. The van der Waals surface area contributed by atoms with Crippen LogP contribution in [0.2, 0.25) is 25.2 Å². The van der Waals surface area contributed by atoms with Gasteiger partial charge in [-0.25, -0.2) is 4.79 Å². The molecule has 21 heavy (non-hydrogen) atoms. The minimum atomic E-state index is -1.54. The number of unbranched alkanes of at least 4 members (excludes halogenated alkanes) is 1. The zero-order chi connectivity index (χ0) is 15.9. The molecule has 0 aliphatic heterocycles. The number of carbonyl (C=O) groups is 2. The summed E-state index contributed by atoms with van der Waals surface area (Å²) in [6.07, 6.45) is 9.28. The summed E-state index contributed by atoms with van der Waals surface area (Å²) < 4.78 is 5.16. The Morgan fingerprint density at radius 1 is 1.38 bits per heavy atom. The van der Waals surface area contributed by atoms with Crippen LogP contribution in [-0.2, 0) is 14.3 Å². The Morgan fingerprint density at radius 3 is 2.67 bits per heavy atom. The molecule has 0 spiro atoms. The first kappa shape index (κ1) is 18.1. The molecule has 1 aliphatic rings. The van der Waals surface area contributed by atoms with Gasteiger partial charge in [-0.05, 0) is 24.8 Å². The molecule has 2 atom stereocenters. The summed E-state index contributed by atoms with van der Waals surface area (Å²) in [7, 11) is -1.54. The Labute approximate surface area is 130 Å². The molecule has 0 bridgehead atoms. The molecule has 0 aromatic heterocycles. The van der Waals surface area contributed by atoms with Crippen LogP contribution in [0.3, 0.4) is 0 Å². The minimum Gasteiger partial charge on any atom is -0.463 e. The summed E-state index contributed by atoms with van der Waals surface area (Å²) in [5.41, 5.74) is 0.240. The Balaban J connectivity index is 2.70. The van der Waals surface area contributed by atoms with Gasteiger partial charge in [-0.3, -0.25) is 4.79 Å². The lowest BCUT2D eigenvalue weighted by Gasteiger charge is -2.35. The molecule has 0 heterocycles. The third-order valence-corrected chi connectivity index (χ3v) is 6.81. The van der Waals surface area contributed by atoms with Crippen molar-refractivity contribution in [2.24, 2.45) is 5.92 Å². The zero-order valence-corrected chi connectivity index (χ0v) is 15.0. The Morgan fingerprint density at radius 2 is 2.10 bits per heavy atom. The number of hydrogen-bond acceptors (Lipinski definition) is 3. The number of allylic oxidation sites excluding steroid dienone is 1. The maximum Gasteiger partial charge on any atom is 0.330 e. The van der Waals surface area contributed by atoms with Crippen LogP contribution in [-0.4, -0.2) is 26.4 Å². The Bertz CT molecular complexity index is 382. The monoisotopic (exact) mass is 310 g/mol. The van der Waals surface area contributed by atoms with Crippen LogP contribution in [0.25, 0.3) is 0 Å². The van der Waals surface area contributed by atoms with Crippen molar-refractivity contribution < 1.29 is 14.3 Å². The number of carbonyl (C=O) groups excluding carboxylic acids is 2. The summed E-state index contributed by atoms with van der Waals surface area (Å²) in [6, 6.07) is 0. The van der Waals surface area contributed by atoms with E-state index >= 15 is 0 Å². The van der Waals surface area contributed by atoms with Crippen molar-refractivity contribution in [3.8, 4) is 0 Å². The van der Waals surface area contributed by atoms with Crippen molar-refractivity contribution in [1.29, 1.82) is 0 Å². The van der Waals surface area contributed by atoms with E-state index in [1.165, 1.54) is 0 Å². The number of rotatable bonds is 7. The van der Waals surface area contributed by atoms with Gasteiger partial charge in [-0.15, -0.1) is 0 Å². The molecule has 2 unspecified atom stereocenters. The number of ketones is 1. The van der Waals surface area contributed by atoms with Gasteiger partial charge in [0.25, 0.3) is 0 Å². The highest BCUT2D eigenvalue weighted by Gasteiger charge is 2.36. The van der Waals surface area contributed by atoms with E-state index in [9.17, 15) is 9.59 Å². The zero-order valence-electron chi connectivity index (χ0n) is 14.0.